The number of nitrogens with zero attached hydrogens (tertiary/aromatic N) is 3. The Kier molecular flexibility index (Phi) is 14.2. The molecular weight excluding hydrogens is 991 g/mol. The average Bonchev–Trinajstić information content (AvgIpc) is 4.30. The Labute approximate surface area is 459 Å². The molecule has 15 nitrogen and oxygen atoms in total. The van der Waals surface area contributed by atoms with Crippen molar-refractivity contribution in [2.45, 2.75) is 83.1 Å². The summed E-state index contributed by atoms with van der Waals surface area (Å²) in [6, 6.07) is 36.7. The van der Waals surface area contributed by atoms with Crippen LogP contribution in [0.3, 0.4) is 0 Å². The molecule has 5 heterocycles. The molecule has 2 aliphatic heterocycles. The van der Waals surface area contributed by atoms with Crippen LogP contribution in [0.15, 0.2) is 121 Å². The van der Waals surface area contributed by atoms with Crippen molar-refractivity contribution in [1.82, 2.24) is 19.9 Å². The number of amides is 4. The second-order valence-electron chi connectivity index (χ2n) is 23.9. The Morgan fingerprint density at radius 3 is 0.987 bits per heavy atom. The molecule has 0 aliphatic carbocycles. The molecule has 9 rings (SSSR count). The van der Waals surface area contributed by atoms with Crippen LogP contribution >= 0.6 is 0 Å². The van der Waals surface area contributed by atoms with Gasteiger partial charge in [0.25, 0.3) is 5.70 Å². The van der Waals surface area contributed by atoms with Crippen LogP contribution in [0.4, 0.5) is 22.7 Å². The summed E-state index contributed by atoms with van der Waals surface area (Å²) in [6.45, 7) is 21.9. The fraction of sp³-hybridized carbons (Fsp3) is 0.250. The molecule has 6 N–H and O–H groups in total. The molecule has 7 aromatic rings. The molecule has 3 aromatic heterocycles. The Hall–Kier alpha value is -9.24. The molecule has 0 spiro atoms. The first-order valence-corrected chi connectivity index (χ1v) is 26.2. The number of para-hydroxylation sites is 4. The molecule has 0 radical (unpaired) electrons. The van der Waals surface area contributed by atoms with Gasteiger partial charge in [0.2, 0.25) is 23.6 Å². The highest BCUT2D eigenvalue weighted by Gasteiger charge is 2.33. The van der Waals surface area contributed by atoms with Crippen molar-refractivity contribution in [3.8, 4) is 44.5 Å². The summed E-state index contributed by atoms with van der Waals surface area (Å²) >= 11 is 0. The number of carbonyl (C=O) groups is 4. The zero-order chi connectivity index (χ0) is 56.9. The van der Waals surface area contributed by atoms with Crippen molar-refractivity contribution in [3.05, 3.63) is 154 Å². The van der Waals surface area contributed by atoms with Crippen LogP contribution in [0.5, 0.6) is 0 Å². The van der Waals surface area contributed by atoms with Crippen LogP contribution in [-0.4, -0.2) is 48.5 Å². The van der Waals surface area contributed by atoms with Gasteiger partial charge in [0.15, 0.2) is 5.69 Å². The van der Waals surface area contributed by atoms with E-state index in [1.54, 1.807) is 57.2 Å². The average molecular weight is 1060 g/mol. The summed E-state index contributed by atoms with van der Waals surface area (Å²) in [6.07, 6.45) is 5.24. The van der Waals surface area contributed by atoms with E-state index in [9.17, 15) is 29.3 Å². The molecular formula is C64H65N9O6. The van der Waals surface area contributed by atoms with Gasteiger partial charge in [-0.3, -0.25) is 29.3 Å². The van der Waals surface area contributed by atoms with E-state index in [2.05, 4.69) is 31.2 Å². The van der Waals surface area contributed by atoms with E-state index >= 15 is 0 Å². The number of nitrogens with one attached hydrogen (secondary N) is 6. The SMILES string of the molecule is CC(C)(C)C(=O)Nc1ccccc1-c1c2nc(c(-c3ccccc3NC(=O)C(C)(C)C)c3ccc([nH]3)c(-c3ccccc3NC(=O)C(C)(C)C)c3nc(c(-c4ccccc4NC(=O)C(C)(C)C)c4ccc1[nH]4)C=C3[N+](=O)[O-])C=C2. The van der Waals surface area contributed by atoms with Gasteiger partial charge in [-0.05, 0) is 60.7 Å². The lowest BCUT2D eigenvalue weighted by Crippen LogP contribution is -2.27. The summed E-state index contributed by atoms with van der Waals surface area (Å²) in [5, 5.41) is 26.3. The van der Waals surface area contributed by atoms with Gasteiger partial charge in [-0.25, -0.2) is 9.97 Å². The Morgan fingerprint density at radius 2 is 0.684 bits per heavy atom. The number of benzene rings is 4. The van der Waals surface area contributed by atoms with Crippen LogP contribution in [0.2, 0.25) is 0 Å². The molecule has 402 valence electrons. The first-order chi connectivity index (χ1) is 37.2. The van der Waals surface area contributed by atoms with Gasteiger partial charge >= 0.3 is 0 Å². The van der Waals surface area contributed by atoms with Gasteiger partial charge in [0.05, 0.1) is 22.0 Å². The summed E-state index contributed by atoms with van der Waals surface area (Å²) in [4.78, 5) is 86.7. The number of aromatic nitrogens is 4. The third kappa shape index (κ3) is 11.2. The highest BCUT2D eigenvalue weighted by molar-refractivity contribution is 6.09. The number of hydrogen-bond acceptors (Lipinski definition) is 8. The third-order valence-corrected chi connectivity index (χ3v) is 13.5. The number of anilines is 4. The standard InChI is InChI=1S/C64H65N9O6/c1-61(2,3)57(74)69-40-25-17-13-21-36(40)52-44-29-30-45(65-44)53(37-22-14-18-26-41(37)70-58(75)62(4,5)6)47-33-34-49(67-47)55(39-24-16-20-28-43(39)72-60(77)64(10,11)12)56-51(73(78)79)35-50(68-56)54(48-32-31-46(52)66-48)38-23-15-19-27-42(38)71-59(76)63(7,8)9/h13-35,66-67H,1-12H3,(H,69,74)(H,70,75)(H,71,76)(H,72,77). The fourth-order valence-electron chi connectivity index (χ4n) is 9.02. The zero-order valence-corrected chi connectivity index (χ0v) is 46.6. The molecule has 4 amide bonds. The van der Waals surface area contributed by atoms with E-state index in [0.29, 0.717) is 101 Å². The van der Waals surface area contributed by atoms with Crippen molar-refractivity contribution in [3.63, 3.8) is 0 Å². The summed E-state index contributed by atoms with van der Waals surface area (Å²) in [5.41, 5.74) is 5.77. The highest BCUT2D eigenvalue weighted by atomic mass is 16.6. The second kappa shape index (κ2) is 20.6. The van der Waals surface area contributed by atoms with E-state index in [-0.39, 0.29) is 40.7 Å². The Balaban J connectivity index is 1.51. The van der Waals surface area contributed by atoms with E-state index in [4.69, 9.17) is 9.97 Å². The third-order valence-electron chi connectivity index (χ3n) is 13.5. The number of nitro groups is 1. The van der Waals surface area contributed by atoms with E-state index in [1.807, 2.05) is 159 Å². The second-order valence-corrected chi connectivity index (χ2v) is 23.9. The zero-order valence-electron chi connectivity index (χ0n) is 46.6. The van der Waals surface area contributed by atoms with Gasteiger partial charge in [-0.1, -0.05) is 156 Å². The minimum Gasteiger partial charge on any atom is -0.354 e. The molecule has 0 atom stereocenters. The van der Waals surface area contributed by atoms with Gasteiger partial charge in [-0.15, -0.1) is 0 Å². The molecule has 15 heteroatoms. The minimum atomic E-state index is -0.811. The van der Waals surface area contributed by atoms with Crippen LogP contribution in [0.25, 0.3) is 90.5 Å². The van der Waals surface area contributed by atoms with Gasteiger partial charge < -0.3 is 31.2 Å². The molecule has 0 fully saturated rings. The quantitative estimate of drug-likeness (QED) is 0.0602. The number of H-pyrrole nitrogens is 2. The molecule has 0 unspecified atom stereocenters. The molecule has 4 aromatic carbocycles. The maximum absolute atomic E-state index is 13.9. The van der Waals surface area contributed by atoms with Crippen LogP contribution in [0.1, 0.15) is 106 Å². The van der Waals surface area contributed by atoms with Crippen LogP contribution in [0, 0.1) is 31.8 Å². The minimum absolute atomic E-state index is 0.0117. The van der Waals surface area contributed by atoms with Crippen LogP contribution in [-0.2, 0) is 19.2 Å². The van der Waals surface area contributed by atoms with E-state index in [1.165, 1.54) is 6.08 Å². The van der Waals surface area contributed by atoms with Crippen molar-refractivity contribution in [2.24, 2.45) is 21.7 Å². The van der Waals surface area contributed by atoms with Crippen molar-refractivity contribution in [1.29, 1.82) is 0 Å². The molecule has 0 saturated heterocycles. The van der Waals surface area contributed by atoms with Crippen molar-refractivity contribution < 1.29 is 24.1 Å². The number of hydrogen-bond donors (Lipinski definition) is 6. The molecule has 0 saturated carbocycles. The van der Waals surface area contributed by atoms with Crippen LogP contribution < -0.4 is 21.3 Å². The lowest BCUT2D eigenvalue weighted by Gasteiger charge is -2.20. The number of carbonyl (C=O) groups excluding carboxylic acids is 4. The summed E-state index contributed by atoms with van der Waals surface area (Å²) < 4.78 is 0. The van der Waals surface area contributed by atoms with Crippen molar-refractivity contribution in [2.75, 3.05) is 21.3 Å². The maximum atomic E-state index is 13.9. The molecule has 8 bridgehead atoms. The van der Waals surface area contributed by atoms with E-state index in [0.717, 1.165) is 0 Å². The van der Waals surface area contributed by atoms with Gasteiger partial charge in [-0.2, -0.15) is 0 Å². The fourth-order valence-corrected chi connectivity index (χ4v) is 9.02. The Bertz CT molecular complexity index is 3910. The van der Waals surface area contributed by atoms with Gasteiger partial charge in [0.1, 0.15) is 0 Å². The topological polar surface area (TPSA) is 217 Å². The van der Waals surface area contributed by atoms with Crippen molar-refractivity contribution >= 4 is 92.4 Å². The summed E-state index contributed by atoms with van der Waals surface area (Å²) in [7, 11) is 0. The summed E-state index contributed by atoms with van der Waals surface area (Å²) in [5.74, 6) is -0.956. The molecule has 79 heavy (non-hydrogen) atoms. The molecule has 2 aliphatic rings. The van der Waals surface area contributed by atoms with Gasteiger partial charge in [0, 0.05) is 117 Å². The first-order valence-electron chi connectivity index (χ1n) is 26.2. The predicted octanol–water partition coefficient (Wildman–Crippen LogP) is 14.9. The monoisotopic (exact) mass is 1060 g/mol. The largest absolute Gasteiger partial charge is 0.354 e. The lowest BCUT2D eigenvalue weighted by atomic mass is 9.94. The van der Waals surface area contributed by atoms with E-state index < -0.39 is 26.6 Å². The number of aromatic amines is 2. The number of rotatable bonds is 9. The highest BCUT2D eigenvalue weighted by Crippen LogP contribution is 2.45. The predicted molar refractivity (Wildman–Crippen MR) is 319 cm³/mol. The smallest absolute Gasteiger partial charge is 0.297 e. The Morgan fingerprint density at radius 1 is 0.405 bits per heavy atom. The maximum Gasteiger partial charge on any atom is 0.297 e. The number of fused-ring (bicyclic) bond motifs is 8. The first kappa shape index (κ1) is 54.5. The lowest BCUT2D eigenvalue weighted by molar-refractivity contribution is -0.374. The normalized spacial score (nSPS) is 12.6.